The van der Waals surface area contributed by atoms with Gasteiger partial charge in [0, 0.05) is 32.2 Å². The van der Waals surface area contributed by atoms with Crippen LogP contribution in [0.3, 0.4) is 0 Å². The second-order valence-corrected chi connectivity index (χ2v) is 7.06. The second-order valence-electron chi connectivity index (χ2n) is 6.05. The third-order valence-corrected chi connectivity index (χ3v) is 5.52. The number of aromatic nitrogens is 2. The second kappa shape index (κ2) is 6.48. The summed E-state index contributed by atoms with van der Waals surface area (Å²) in [7, 11) is 0. The molecule has 24 heavy (non-hydrogen) atoms. The van der Waals surface area contributed by atoms with Gasteiger partial charge in [-0.15, -0.1) is 0 Å². The van der Waals surface area contributed by atoms with Gasteiger partial charge >= 0.3 is 5.69 Å². The highest BCUT2D eigenvalue weighted by Crippen LogP contribution is 2.36. The lowest BCUT2D eigenvalue weighted by atomic mass is 10.1. The minimum Gasteiger partial charge on any atom is -0.378 e. The van der Waals surface area contributed by atoms with Crippen LogP contribution in [0.15, 0.2) is 6.07 Å². The number of pyridine rings is 1. The maximum atomic E-state index is 11.5. The molecule has 0 amide bonds. The van der Waals surface area contributed by atoms with Gasteiger partial charge in [-0.3, -0.25) is 10.1 Å². The molecule has 8 nitrogen and oxygen atoms in total. The van der Waals surface area contributed by atoms with E-state index in [-0.39, 0.29) is 10.6 Å². The first kappa shape index (κ1) is 15.5. The van der Waals surface area contributed by atoms with Crippen molar-refractivity contribution in [1.82, 2.24) is 9.97 Å². The van der Waals surface area contributed by atoms with Crippen molar-refractivity contribution < 1.29 is 9.66 Å². The van der Waals surface area contributed by atoms with Crippen LogP contribution in [-0.2, 0) is 4.74 Å². The van der Waals surface area contributed by atoms with E-state index in [1.165, 1.54) is 17.8 Å². The lowest BCUT2D eigenvalue weighted by Crippen LogP contribution is -2.36. The Balaban J connectivity index is 1.74. The van der Waals surface area contributed by atoms with Gasteiger partial charge in [-0.05, 0) is 19.3 Å². The Morgan fingerprint density at radius 1 is 1.08 bits per heavy atom. The van der Waals surface area contributed by atoms with Gasteiger partial charge in [-0.25, -0.2) is 4.98 Å². The average molecular weight is 349 g/mol. The molecule has 0 radical (unpaired) electrons. The van der Waals surface area contributed by atoms with Crippen molar-refractivity contribution in [2.75, 3.05) is 49.2 Å². The van der Waals surface area contributed by atoms with Gasteiger partial charge < -0.3 is 14.5 Å². The van der Waals surface area contributed by atoms with Gasteiger partial charge in [0.1, 0.15) is 0 Å². The number of hydrogen-bond donors (Lipinski definition) is 0. The number of thiazole rings is 1. The number of morpholine rings is 1. The van der Waals surface area contributed by atoms with Gasteiger partial charge in [-0.1, -0.05) is 11.3 Å². The molecule has 2 aromatic rings. The molecule has 9 heteroatoms. The maximum absolute atomic E-state index is 11.5. The summed E-state index contributed by atoms with van der Waals surface area (Å²) < 4.78 is 6.14. The molecule has 4 heterocycles. The fourth-order valence-corrected chi connectivity index (χ4v) is 4.19. The van der Waals surface area contributed by atoms with Gasteiger partial charge in [0.15, 0.2) is 10.8 Å². The summed E-state index contributed by atoms with van der Waals surface area (Å²) in [6.45, 7) is 4.59. The SMILES string of the molecule is O=[N+]([O-])c1cc2sc(N3CCOCC3)nc2nc1N1CCCCC1. The van der Waals surface area contributed by atoms with E-state index in [0.29, 0.717) is 24.7 Å². The smallest absolute Gasteiger partial charge is 0.313 e. The quantitative estimate of drug-likeness (QED) is 0.621. The van der Waals surface area contributed by atoms with E-state index in [2.05, 4.69) is 14.9 Å². The van der Waals surface area contributed by atoms with Crippen molar-refractivity contribution in [2.45, 2.75) is 19.3 Å². The molecule has 0 atom stereocenters. The number of piperidine rings is 1. The summed E-state index contributed by atoms with van der Waals surface area (Å²) in [4.78, 5) is 24.5. The molecule has 2 aromatic heterocycles. The molecular formula is C15H19N5O3S. The minimum atomic E-state index is -0.329. The lowest BCUT2D eigenvalue weighted by molar-refractivity contribution is -0.384. The summed E-state index contributed by atoms with van der Waals surface area (Å²) in [5.74, 6) is 0.464. The topological polar surface area (TPSA) is 84.6 Å². The van der Waals surface area contributed by atoms with Crippen LogP contribution >= 0.6 is 11.3 Å². The summed E-state index contributed by atoms with van der Waals surface area (Å²) in [5, 5.41) is 12.4. The monoisotopic (exact) mass is 349 g/mol. The lowest BCUT2D eigenvalue weighted by Gasteiger charge is -2.27. The third-order valence-electron chi connectivity index (χ3n) is 4.47. The van der Waals surface area contributed by atoms with E-state index in [1.54, 1.807) is 6.07 Å². The van der Waals surface area contributed by atoms with E-state index < -0.39 is 0 Å². The largest absolute Gasteiger partial charge is 0.378 e. The summed E-state index contributed by atoms with van der Waals surface area (Å²) >= 11 is 1.46. The molecule has 2 fully saturated rings. The van der Waals surface area contributed by atoms with Crippen molar-refractivity contribution in [3.8, 4) is 0 Å². The van der Waals surface area contributed by atoms with Gasteiger partial charge in [0.05, 0.1) is 22.8 Å². The van der Waals surface area contributed by atoms with E-state index in [1.807, 2.05) is 4.90 Å². The van der Waals surface area contributed by atoms with Crippen LogP contribution in [-0.4, -0.2) is 54.3 Å². The number of hydrogen-bond acceptors (Lipinski definition) is 8. The fraction of sp³-hybridized carbons (Fsp3) is 0.600. The number of rotatable bonds is 3. The Morgan fingerprint density at radius 2 is 1.83 bits per heavy atom. The Bertz CT molecular complexity index is 753. The molecule has 4 rings (SSSR count). The van der Waals surface area contributed by atoms with Crippen molar-refractivity contribution in [3.63, 3.8) is 0 Å². The Hall–Kier alpha value is -2.00. The molecular weight excluding hydrogens is 330 g/mol. The van der Waals surface area contributed by atoms with Crippen molar-refractivity contribution in [1.29, 1.82) is 0 Å². The molecule has 0 unspecified atom stereocenters. The first-order valence-corrected chi connectivity index (χ1v) is 9.07. The molecule has 0 saturated carbocycles. The molecule has 0 bridgehead atoms. The van der Waals surface area contributed by atoms with Gasteiger partial charge in [0.25, 0.3) is 0 Å². The summed E-state index contributed by atoms with van der Waals surface area (Å²) in [5.41, 5.74) is 0.689. The molecule has 0 N–H and O–H groups in total. The molecule has 2 saturated heterocycles. The van der Waals surface area contributed by atoms with Gasteiger partial charge in [-0.2, -0.15) is 4.98 Å². The number of nitrogens with zero attached hydrogens (tertiary/aromatic N) is 5. The normalized spacial score (nSPS) is 19.0. The van der Waals surface area contributed by atoms with Crippen LogP contribution in [0.25, 0.3) is 10.3 Å². The van der Waals surface area contributed by atoms with Crippen LogP contribution in [0.5, 0.6) is 0 Å². The zero-order valence-corrected chi connectivity index (χ0v) is 14.1. The predicted octanol–water partition coefficient (Wildman–Crippen LogP) is 2.43. The van der Waals surface area contributed by atoms with E-state index in [0.717, 1.165) is 48.9 Å². The highest BCUT2D eigenvalue weighted by molar-refractivity contribution is 7.22. The Labute approximate surface area is 143 Å². The highest BCUT2D eigenvalue weighted by Gasteiger charge is 2.26. The molecule has 2 aliphatic heterocycles. The fourth-order valence-electron chi connectivity index (χ4n) is 3.20. The molecule has 0 spiro atoms. The van der Waals surface area contributed by atoms with Crippen LogP contribution in [0.1, 0.15) is 19.3 Å². The zero-order valence-electron chi connectivity index (χ0n) is 13.3. The van der Waals surface area contributed by atoms with Crippen molar-refractivity contribution in [3.05, 3.63) is 16.2 Å². The minimum absolute atomic E-state index is 0.0848. The first-order chi connectivity index (χ1) is 11.7. The molecule has 0 aromatic carbocycles. The summed E-state index contributed by atoms with van der Waals surface area (Å²) in [6.07, 6.45) is 3.27. The predicted molar refractivity (Wildman–Crippen MR) is 93.2 cm³/mol. The third kappa shape index (κ3) is 2.89. The molecule has 0 aliphatic carbocycles. The Kier molecular flexibility index (Phi) is 4.19. The number of fused-ring (bicyclic) bond motifs is 1. The number of nitro groups is 1. The van der Waals surface area contributed by atoms with Crippen molar-refractivity contribution >= 4 is 38.3 Å². The molecule has 2 aliphatic rings. The van der Waals surface area contributed by atoms with Crippen molar-refractivity contribution in [2.24, 2.45) is 0 Å². The van der Waals surface area contributed by atoms with Crippen LogP contribution in [0, 0.1) is 10.1 Å². The van der Waals surface area contributed by atoms with E-state index >= 15 is 0 Å². The van der Waals surface area contributed by atoms with Crippen LogP contribution < -0.4 is 9.80 Å². The highest BCUT2D eigenvalue weighted by atomic mass is 32.1. The van der Waals surface area contributed by atoms with E-state index in [9.17, 15) is 10.1 Å². The van der Waals surface area contributed by atoms with Gasteiger partial charge in [0.2, 0.25) is 5.82 Å². The van der Waals surface area contributed by atoms with Crippen LogP contribution in [0.2, 0.25) is 0 Å². The average Bonchev–Trinajstić information content (AvgIpc) is 3.05. The Morgan fingerprint density at radius 3 is 2.54 bits per heavy atom. The number of ether oxygens (including phenoxy) is 1. The zero-order chi connectivity index (χ0) is 16.5. The van der Waals surface area contributed by atoms with Crippen LogP contribution in [0.4, 0.5) is 16.6 Å². The number of anilines is 2. The first-order valence-electron chi connectivity index (χ1n) is 8.26. The maximum Gasteiger partial charge on any atom is 0.313 e. The molecule has 128 valence electrons. The summed E-state index contributed by atoms with van der Waals surface area (Å²) in [6, 6.07) is 1.63. The standard InChI is InChI=1S/C15H19N5O3S/c21-20(22)11-10-12-13(16-14(11)18-4-2-1-3-5-18)17-15(24-12)19-6-8-23-9-7-19/h10H,1-9H2. The van der Waals surface area contributed by atoms with E-state index in [4.69, 9.17) is 4.74 Å².